The number of ether oxygens (including phenoxy) is 1. The van der Waals surface area contributed by atoms with Gasteiger partial charge >= 0.3 is 0 Å². The number of piperidine rings is 1. The molecule has 2 aromatic carbocycles. The predicted molar refractivity (Wildman–Crippen MR) is 170 cm³/mol. The molecule has 0 radical (unpaired) electrons. The minimum atomic E-state index is -3.97. The van der Waals surface area contributed by atoms with Crippen LogP contribution in [0, 0.1) is 12.7 Å². The van der Waals surface area contributed by atoms with Crippen LogP contribution in [0.25, 0.3) is 22.0 Å². The van der Waals surface area contributed by atoms with Gasteiger partial charge < -0.3 is 15.4 Å². The Bertz CT molecular complexity index is 1900. The molecule has 0 unspecified atom stereocenters. The molecule has 3 aromatic heterocycles. The second kappa shape index (κ2) is 13.1. The normalized spacial score (nSPS) is 15.0. The molecule has 1 fully saturated rings. The van der Waals surface area contributed by atoms with Crippen molar-refractivity contribution in [2.75, 3.05) is 23.1 Å². The first kappa shape index (κ1) is 31.1. The summed E-state index contributed by atoms with van der Waals surface area (Å²) in [7, 11) is -2.28. The number of nitrogens with one attached hydrogen (secondary N) is 3. The maximum Gasteiger partial charge on any atom is 0.238 e. The summed E-state index contributed by atoms with van der Waals surface area (Å²) in [5.41, 5.74) is 2.20. The molecule has 0 aliphatic carbocycles. The Morgan fingerprint density at radius 1 is 1.09 bits per heavy atom. The Hall–Kier alpha value is -4.33. The Morgan fingerprint density at radius 2 is 1.93 bits per heavy atom. The zero-order valence-electron chi connectivity index (χ0n) is 24.1. The van der Waals surface area contributed by atoms with Crippen molar-refractivity contribution in [2.24, 2.45) is 7.05 Å². The lowest BCUT2D eigenvalue weighted by molar-refractivity contribution is 0.466. The highest BCUT2D eigenvalue weighted by molar-refractivity contribution is 7.91. The number of rotatable bonds is 9. The molecule has 5 aromatic rings. The highest BCUT2D eigenvalue weighted by Crippen LogP contribution is 2.39. The van der Waals surface area contributed by atoms with Gasteiger partial charge in [0.15, 0.2) is 0 Å². The first-order valence-corrected chi connectivity index (χ1v) is 15.6. The summed E-state index contributed by atoms with van der Waals surface area (Å²) in [4.78, 5) is 13.6. The average Bonchev–Trinajstić information content (AvgIpc) is 3.40. The number of pyridine rings is 1. The molecule has 14 heteroatoms. The molecule has 0 bridgehead atoms. The smallest absolute Gasteiger partial charge is 0.238 e. The van der Waals surface area contributed by atoms with E-state index in [4.69, 9.17) is 9.72 Å². The number of aromatic nitrogens is 5. The third kappa shape index (κ3) is 6.90. The second-order valence-corrected chi connectivity index (χ2v) is 12.2. The van der Waals surface area contributed by atoms with E-state index in [0.717, 1.165) is 31.5 Å². The third-order valence-corrected chi connectivity index (χ3v) is 8.38. The van der Waals surface area contributed by atoms with Crippen LogP contribution in [0.15, 0.2) is 67.1 Å². The van der Waals surface area contributed by atoms with Crippen molar-refractivity contribution >= 4 is 44.8 Å². The molecule has 230 valence electrons. The van der Waals surface area contributed by atoms with Gasteiger partial charge in [0.25, 0.3) is 0 Å². The summed E-state index contributed by atoms with van der Waals surface area (Å²) in [5, 5.41) is 11.8. The summed E-state index contributed by atoms with van der Waals surface area (Å²) in [6.07, 6.45) is 7.07. The number of fused-ring (bicyclic) bond motifs is 1. The van der Waals surface area contributed by atoms with E-state index in [1.807, 2.05) is 13.0 Å². The Morgan fingerprint density at radius 3 is 2.70 bits per heavy atom. The van der Waals surface area contributed by atoms with Crippen molar-refractivity contribution in [3.05, 3.63) is 84.2 Å². The van der Waals surface area contributed by atoms with Crippen LogP contribution in [-0.4, -0.2) is 52.3 Å². The largest absolute Gasteiger partial charge is 0.437 e. The van der Waals surface area contributed by atoms with Crippen LogP contribution in [0.2, 0.25) is 0 Å². The monoisotopic (exact) mass is 638 g/mol. The van der Waals surface area contributed by atoms with Crippen LogP contribution in [0.4, 0.5) is 16.0 Å². The van der Waals surface area contributed by atoms with Crippen molar-refractivity contribution in [1.29, 1.82) is 0 Å². The molecule has 4 heterocycles. The fraction of sp³-hybridized carbons (Fsp3) is 0.267. The lowest BCUT2D eigenvalue weighted by atomic mass is 10.0. The fourth-order valence-electron chi connectivity index (χ4n) is 5.13. The van der Waals surface area contributed by atoms with Gasteiger partial charge in [-0.25, -0.2) is 27.8 Å². The van der Waals surface area contributed by atoms with E-state index < -0.39 is 21.6 Å². The molecule has 1 atom stereocenters. The van der Waals surface area contributed by atoms with E-state index >= 15 is 4.39 Å². The van der Waals surface area contributed by atoms with Crippen molar-refractivity contribution in [1.82, 2.24) is 30.0 Å². The summed E-state index contributed by atoms with van der Waals surface area (Å²) >= 11 is 0. The quantitative estimate of drug-likeness (QED) is 0.199. The zero-order chi connectivity index (χ0) is 30.0. The number of benzene rings is 2. The highest BCUT2D eigenvalue weighted by atomic mass is 35.5. The average molecular weight is 639 g/mol. The Kier molecular flexibility index (Phi) is 9.28. The second-order valence-electron chi connectivity index (χ2n) is 10.5. The molecule has 1 saturated heterocycles. The van der Waals surface area contributed by atoms with Gasteiger partial charge in [-0.2, -0.15) is 5.10 Å². The zero-order valence-corrected chi connectivity index (χ0v) is 25.8. The Labute approximate surface area is 260 Å². The number of hydrogen-bond donors (Lipinski definition) is 3. The van der Waals surface area contributed by atoms with Crippen LogP contribution >= 0.6 is 12.4 Å². The van der Waals surface area contributed by atoms with Gasteiger partial charge in [0.05, 0.1) is 22.6 Å². The maximum atomic E-state index is 15.1. The third-order valence-electron chi connectivity index (χ3n) is 7.19. The first-order chi connectivity index (χ1) is 20.8. The molecule has 1 aliphatic heterocycles. The molecular formula is C30H32ClFN8O3S. The predicted octanol–water partition coefficient (Wildman–Crippen LogP) is 5.19. The van der Waals surface area contributed by atoms with Gasteiger partial charge in [0.1, 0.15) is 17.3 Å². The summed E-state index contributed by atoms with van der Waals surface area (Å²) in [5.74, 6) is 0.121. The molecule has 0 spiro atoms. The number of sulfonamides is 1. The van der Waals surface area contributed by atoms with Gasteiger partial charge in [0, 0.05) is 49.0 Å². The highest BCUT2D eigenvalue weighted by Gasteiger charge is 2.21. The van der Waals surface area contributed by atoms with Gasteiger partial charge in [0.2, 0.25) is 21.9 Å². The number of halogens is 2. The van der Waals surface area contributed by atoms with Crippen LogP contribution < -0.4 is 20.1 Å². The van der Waals surface area contributed by atoms with Crippen LogP contribution in [0.3, 0.4) is 0 Å². The molecule has 44 heavy (non-hydrogen) atoms. The summed E-state index contributed by atoms with van der Waals surface area (Å²) < 4.78 is 51.4. The van der Waals surface area contributed by atoms with Gasteiger partial charge in [-0.1, -0.05) is 12.1 Å². The molecule has 0 amide bonds. The van der Waals surface area contributed by atoms with Gasteiger partial charge in [-0.15, -0.1) is 12.4 Å². The summed E-state index contributed by atoms with van der Waals surface area (Å²) in [6, 6.07) is 13.5. The van der Waals surface area contributed by atoms with Crippen molar-refractivity contribution in [3.8, 4) is 22.9 Å². The van der Waals surface area contributed by atoms with Gasteiger partial charge in [-0.05, 0) is 68.3 Å². The van der Waals surface area contributed by atoms with E-state index in [1.165, 1.54) is 10.7 Å². The molecular weight excluding hydrogens is 607 g/mol. The number of nitrogens with zero attached hydrogens (tertiary/aromatic N) is 5. The SMILES string of the molecule is Cc1ccc2c(NS(=O)(=O)Cc3ccn(C)n3)c(F)ccc2c1Oc1ncccc1-c1ccnc(N[C@H]2CCCNC2)n1.Cl. The minimum Gasteiger partial charge on any atom is -0.437 e. The van der Waals surface area contributed by atoms with E-state index in [2.05, 4.69) is 30.4 Å². The van der Waals surface area contributed by atoms with E-state index in [9.17, 15) is 8.42 Å². The van der Waals surface area contributed by atoms with Crippen LogP contribution in [0.5, 0.6) is 11.6 Å². The summed E-state index contributed by atoms with van der Waals surface area (Å²) in [6.45, 7) is 3.71. The minimum absolute atomic E-state index is 0. The molecule has 11 nitrogen and oxygen atoms in total. The first-order valence-electron chi connectivity index (χ1n) is 13.9. The number of anilines is 2. The molecule has 1 aliphatic rings. The number of aryl methyl sites for hydroxylation is 2. The molecule has 3 N–H and O–H groups in total. The van der Waals surface area contributed by atoms with Crippen LogP contribution in [-0.2, 0) is 22.8 Å². The van der Waals surface area contributed by atoms with Crippen LogP contribution in [0.1, 0.15) is 24.1 Å². The standard InChI is InChI=1S/C30H31FN8O3S.ClH/c1-19-7-8-22-23(9-10-25(31)27(22)38-43(40,41)18-21-12-16-39(2)37-21)28(19)42-29-24(6-4-14-33-29)26-11-15-34-30(36-26)35-20-5-3-13-32-17-20;/h4,6-12,14-16,20,32,38H,3,5,13,17-18H2,1-2H3,(H,34,35,36);1H/t20-;/m0./s1. The van der Waals surface area contributed by atoms with Crippen molar-refractivity contribution in [3.63, 3.8) is 0 Å². The van der Waals surface area contributed by atoms with Crippen molar-refractivity contribution in [2.45, 2.75) is 31.6 Å². The van der Waals surface area contributed by atoms with E-state index in [-0.39, 0.29) is 24.1 Å². The molecule has 0 saturated carbocycles. The fourth-order valence-corrected chi connectivity index (χ4v) is 6.26. The topological polar surface area (TPSA) is 136 Å². The molecule has 6 rings (SSSR count). The van der Waals surface area contributed by atoms with E-state index in [0.29, 0.717) is 45.3 Å². The van der Waals surface area contributed by atoms with Crippen molar-refractivity contribution < 1.29 is 17.5 Å². The lowest BCUT2D eigenvalue weighted by Crippen LogP contribution is -2.38. The Balaban J connectivity index is 0.00000384. The lowest BCUT2D eigenvalue weighted by Gasteiger charge is -2.23. The number of hydrogen-bond acceptors (Lipinski definition) is 9. The maximum absolute atomic E-state index is 15.1. The van der Waals surface area contributed by atoms with E-state index in [1.54, 1.807) is 62.0 Å². The van der Waals surface area contributed by atoms with Gasteiger partial charge in [-0.3, -0.25) is 9.40 Å².